The molecule has 2 heterocycles. The van der Waals surface area contributed by atoms with Crippen LogP contribution >= 0.6 is 0 Å². The van der Waals surface area contributed by atoms with Gasteiger partial charge in [0, 0.05) is 60.0 Å². The SMILES string of the molecule is CCN(c1ccc(C)cc1)c1ccc2c(c1)Oc1c(OC)cc(N(Cc3ccccc3)Cc3ccccc3)cc1C21OC(=O)c2ccccc21. The van der Waals surface area contributed by atoms with Crippen molar-refractivity contribution in [1.82, 2.24) is 0 Å². The van der Waals surface area contributed by atoms with Crippen molar-refractivity contribution in [3.63, 3.8) is 0 Å². The van der Waals surface area contributed by atoms with Crippen molar-refractivity contribution in [1.29, 1.82) is 0 Å². The summed E-state index contributed by atoms with van der Waals surface area (Å²) in [6.45, 7) is 6.30. The molecule has 0 aromatic heterocycles. The van der Waals surface area contributed by atoms with Crippen LogP contribution in [0.15, 0.2) is 140 Å². The molecule has 0 aliphatic carbocycles. The molecular formula is C44H38N2O4. The average molecular weight is 659 g/mol. The van der Waals surface area contributed by atoms with Crippen molar-refractivity contribution >= 4 is 23.0 Å². The molecule has 248 valence electrons. The Morgan fingerprint density at radius 3 is 1.96 bits per heavy atom. The Labute approximate surface area is 293 Å². The highest BCUT2D eigenvalue weighted by Gasteiger charge is 2.54. The monoisotopic (exact) mass is 658 g/mol. The second-order valence-corrected chi connectivity index (χ2v) is 12.8. The Hall–Kier alpha value is -6.01. The van der Waals surface area contributed by atoms with Gasteiger partial charge in [0.2, 0.25) is 0 Å². The fourth-order valence-electron chi connectivity index (χ4n) is 7.30. The molecule has 1 atom stereocenters. The number of anilines is 3. The molecule has 0 fully saturated rings. The van der Waals surface area contributed by atoms with E-state index in [1.165, 1.54) is 16.7 Å². The summed E-state index contributed by atoms with van der Waals surface area (Å²) in [5.41, 5.74) is 8.11. The molecule has 8 rings (SSSR count). The molecular weight excluding hydrogens is 620 g/mol. The van der Waals surface area contributed by atoms with Gasteiger partial charge in [0.15, 0.2) is 17.1 Å². The fraction of sp³-hybridized carbons (Fsp3) is 0.159. The lowest BCUT2D eigenvalue weighted by atomic mass is 9.77. The maximum absolute atomic E-state index is 13.7. The van der Waals surface area contributed by atoms with Crippen molar-refractivity contribution in [3.8, 4) is 17.2 Å². The van der Waals surface area contributed by atoms with E-state index >= 15 is 0 Å². The normalized spacial score (nSPS) is 15.4. The van der Waals surface area contributed by atoms with E-state index in [0.717, 1.165) is 40.3 Å². The third-order valence-corrected chi connectivity index (χ3v) is 9.74. The van der Waals surface area contributed by atoms with E-state index in [2.05, 4.69) is 109 Å². The van der Waals surface area contributed by atoms with Crippen molar-refractivity contribution in [2.75, 3.05) is 23.5 Å². The van der Waals surface area contributed by atoms with Crippen LogP contribution in [0.2, 0.25) is 0 Å². The molecule has 6 nitrogen and oxygen atoms in total. The van der Waals surface area contributed by atoms with Gasteiger partial charge in [-0.1, -0.05) is 96.6 Å². The first kappa shape index (κ1) is 31.3. The van der Waals surface area contributed by atoms with Gasteiger partial charge in [-0.3, -0.25) is 0 Å². The minimum Gasteiger partial charge on any atom is -0.493 e. The Balaban J connectivity index is 1.32. The first-order chi connectivity index (χ1) is 24.5. The maximum Gasteiger partial charge on any atom is 0.340 e. The lowest BCUT2D eigenvalue weighted by Gasteiger charge is -2.38. The third-order valence-electron chi connectivity index (χ3n) is 9.74. The topological polar surface area (TPSA) is 51.2 Å². The predicted molar refractivity (Wildman–Crippen MR) is 198 cm³/mol. The first-order valence-corrected chi connectivity index (χ1v) is 17.0. The highest BCUT2D eigenvalue weighted by atomic mass is 16.6. The minimum atomic E-state index is -1.25. The Morgan fingerprint density at radius 1 is 0.660 bits per heavy atom. The summed E-state index contributed by atoms with van der Waals surface area (Å²) in [6.07, 6.45) is 0. The van der Waals surface area contributed by atoms with Gasteiger partial charge in [-0.15, -0.1) is 0 Å². The summed E-state index contributed by atoms with van der Waals surface area (Å²) in [6, 6.07) is 47.3. The van der Waals surface area contributed by atoms with E-state index in [0.29, 0.717) is 35.9 Å². The van der Waals surface area contributed by atoms with Crippen LogP contribution in [0.3, 0.4) is 0 Å². The summed E-state index contributed by atoms with van der Waals surface area (Å²) in [5, 5.41) is 0. The average Bonchev–Trinajstić information content (AvgIpc) is 3.45. The van der Waals surface area contributed by atoms with E-state index in [1.807, 2.05) is 54.6 Å². The molecule has 1 unspecified atom stereocenters. The van der Waals surface area contributed by atoms with Crippen LogP contribution in [0.5, 0.6) is 17.2 Å². The quantitative estimate of drug-likeness (QED) is 0.144. The molecule has 2 aliphatic rings. The predicted octanol–water partition coefficient (Wildman–Crippen LogP) is 9.94. The zero-order chi connectivity index (χ0) is 34.2. The number of nitrogens with zero attached hydrogens (tertiary/aromatic N) is 2. The number of aryl methyl sites for hydroxylation is 1. The van der Waals surface area contributed by atoms with Crippen LogP contribution in [0, 0.1) is 6.92 Å². The van der Waals surface area contributed by atoms with Crippen LogP contribution in [0.1, 0.15) is 50.7 Å². The Morgan fingerprint density at radius 2 is 1.30 bits per heavy atom. The molecule has 0 N–H and O–H groups in total. The van der Waals surface area contributed by atoms with Gasteiger partial charge >= 0.3 is 5.97 Å². The van der Waals surface area contributed by atoms with Gasteiger partial charge in [-0.05, 0) is 61.4 Å². The number of carbonyl (C=O) groups is 1. The molecule has 0 saturated heterocycles. The second kappa shape index (κ2) is 12.8. The number of benzene rings is 6. The molecule has 0 saturated carbocycles. The zero-order valence-electron chi connectivity index (χ0n) is 28.4. The van der Waals surface area contributed by atoms with Crippen LogP contribution in [-0.4, -0.2) is 19.6 Å². The van der Waals surface area contributed by atoms with Crippen LogP contribution in [-0.2, 0) is 23.4 Å². The van der Waals surface area contributed by atoms with Gasteiger partial charge in [-0.2, -0.15) is 0 Å². The smallest absolute Gasteiger partial charge is 0.340 e. The summed E-state index contributed by atoms with van der Waals surface area (Å²) < 4.78 is 19.6. The summed E-state index contributed by atoms with van der Waals surface area (Å²) in [4.78, 5) is 18.3. The minimum absolute atomic E-state index is 0.367. The summed E-state index contributed by atoms with van der Waals surface area (Å²) in [7, 11) is 1.66. The van der Waals surface area contributed by atoms with Crippen LogP contribution < -0.4 is 19.3 Å². The summed E-state index contributed by atoms with van der Waals surface area (Å²) >= 11 is 0. The van der Waals surface area contributed by atoms with Crippen molar-refractivity contribution in [2.24, 2.45) is 0 Å². The molecule has 6 aromatic carbocycles. The molecule has 0 radical (unpaired) electrons. The molecule has 0 amide bonds. The fourth-order valence-corrected chi connectivity index (χ4v) is 7.30. The van der Waals surface area contributed by atoms with E-state index in [9.17, 15) is 4.79 Å². The number of methoxy groups -OCH3 is 1. The maximum atomic E-state index is 13.7. The Kier molecular flexibility index (Phi) is 8.00. The standard InChI is InChI=1S/C44H38N2O4/c1-4-46(33-21-19-30(2)20-22-33)34-23-24-38-40(26-34)49-42-39(44(38)37-18-12-11-17-36(37)43(47)50-44)25-35(27-41(42)48-3)45(28-31-13-7-5-8-14-31)29-32-15-9-6-10-16-32/h5-27H,4,28-29H2,1-3H3. The van der Waals surface area contributed by atoms with Gasteiger partial charge in [-0.25, -0.2) is 4.79 Å². The van der Waals surface area contributed by atoms with Crippen LogP contribution in [0.4, 0.5) is 17.1 Å². The van der Waals surface area contributed by atoms with E-state index in [-0.39, 0.29) is 5.97 Å². The van der Waals surface area contributed by atoms with Gasteiger partial charge < -0.3 is 24.0 Å². The van der Waals surface area contributed by atoms with Crippen molar-refractivity contribution in [3.05, 3.63) is 178 Å². The van der Waals surface area contributed by atoms with Crippen LogP contribution in [0.25, 0.3) is 0 Å². The third kappa shape index (κ3) is 5.34. The van der Waals surface area contributed by atoms with Gasteiger partial charge in [0.1, 0.15) is 5.75 Å². The number of carbonyl (C=O) groups excluding carboxylic acids is 1. The van der Waals surface area contributed by atoms with Gasteiger partial charge in [0.05, 0.1) is 18.2 Å². The number of fused-ring (bicyclic) bond motifs is 6. The largest absolute Gasteiger partial charge is 0.493 e. The molecule has 6 heteroatoms. The van der Waals surface area contributed by atoms with Crippen molar-refractivity contribution < 1.29 is 19.0 Å². The Bertz CT molecular complexity index is 2140. The molecule has 50 heavy (non-hydrogen) atoms. The number of ether oxygens (including phenoxy) is 3. The number of hydrogen-bond acceptors (Lipinski definition) is 6. The highest BCUT2D eigenvalue weighted by Crippen LogP contribution is 2.59. The first-order valence-electron chi connectivity index (χ1n) is 17.0. The van der Waals surface area contributed by atoms with Crippen molar-refractivity contribution in [2.45, 2.75) is 32.5 Å². The number of rotatable bonds is 9. The molecule has 2 aliphatic heterocycles. The molecule has 6 aromatic rings. The highest BCUT2D eigenvalue weighted by molar-refractivity contribution is 5.97. The van der Waals surface area contributed by atoms with Gasteiger partial charge in [0.25, 0.3) is 0 Å². The van der Waals surface area contributed by atoms with E-state index in [1.54, 1.807) is 7.11 Å². The number of hydrogen-bond donors (Lipinski definition) is 0. The zero-order valence-corrected chi connectivity index (χ0v) is 28.4. The molecule has 1 spiro atoms. The second-order valence-electron chi connectivity index (χ2n) is 12.8. The summed E-state index contributed by atoms with van der Waals surface area (Å²) in [5.74, 6) is 1.34. The van der Waals surface area contributed by atoms with E-state index in [4.69, 9.17) is 14.2 Å². The number of esters is 1. The van der Waals surface area contributed by atoms with E-state index < -0.39 is 5.60 Å². The molecule has 0 bridgehead atoms. The lowest BCUT2D eigenvalue weighted by molar-refractivity contribution is 0.0223. The lowest BCUT2D eigenvalue weighted by Crippen LogP contribution is -2.34.